The van der Waals surface area contributed by atoms with Crippen LogP contribution >= 0.6 is 0 Å². The summed E-state index contributed by atoms with van der Waals surface area (Å²) in [6.07, 6.45) is -9.53. The van der Waals surface area contributed by atoms with Gasteiger partial charge in [-0.15, -0.1) is 0 Å². The number of rotatable bonds is 4. The largest absolute Gasteiger partial charge is 0.459 e. The first kappa shape index (κ1) is 19.6. The van der Waals surface area contributed by atoms with Gasteiger partial charge in [-0.1, -0.05) is 18.2 Å². The predicted molar refractivity (Wildman–Crippen MR) is 89.5 cm³/mol. The minimum Gasteiger partial charge on any atom is -0.459 e. The van der Waals surface area contributed by atoms with E-state index in [4.69, 9.17) is 9.68 Å². The van der Waals surface area contributed by atoms with E-state index in [0.29, 0.717) is 17.0 Å². The fraction of sp³-hybridized carbons (Fsp3) is 0.211. The van der Waals surface area contributed by atoms with Gasteiger partial charge in [0.15, 0.2) is 0 Å². The van der Waals surface area contributed by atoms with Gasteiger partial charge in [-0.25, -0.2) is 0 Å². The number of halogens is 6. The van der Waals surface area contributed by atoms with Crippen LogP contribution in [0.3, 0.4) is 0 Å². The van der Waals surface area contributed by atoms with Crippen molar-refractivity contribution in [1.29, 1.82) is 5.26 Å². The number of hydrogen-bond donors (Lipinski definition) is 0. The van der Waals surface area contributed by atoms with Crippen LogP contribution in [-0.2, 0) is 12.7 Å². The molecular weight excluding hydrogens is 386 g/mol. The first-order valence-corrected chi connectivity index (χ1v) is 7.97. The molecule has 0 fully saturated rings. The van der Waals surface area contributed by atoms with Gasteiger partial charge >= 0.3 is 12.4 Å². The Morgan fingerprint density at radius 1 is 0.964 bits per heavy atom. The number of anilines is 1. The quantitative estimate of drug-likeness (QED) is 0.515. The van der Waals surface area contributed by atoms with Crippen molar-refractivity contribution in [3.63, 3.8) is 0 Å². The molecule has 0 radical (unpaired) electrons. The van der Waals surface area contributed by atoms with Crippen molar-refractivity contribution in [2.45, 2.75) is 18.9 Å². The molecule has 0 aliphatic heterocycles. The topological polar surface area (TPSA) is 40.2 Å². The third-order valence-corrected chi connectivity index (χ3v) is 3.99. The highest BCUT2D eigenvalue weighted by molar-refractivity contribution is 5.77. The van der Waals surface area contributed by atoms with E-state index in [-0.39, 0.29) is 11.4 Å². The van der Waals surface area contributed by atoms with E-state index in [2.05, 4.69) is 0 Å². The van der Waals surface area contributed by atoms with Gasteiger partial charge in [0.2, 0.25) is 0 Å². The van der Waals surface area contributed by atoms with E-state index in [1.807, 2.05) is 0 Å². The van der Waals surface area contributed by atoms with Crippen molar-refractivity contribution in [1.82, 2.24) is 0 Å². The van der Waals surface area contributed by atoms with Gasteiger partial charge in [-0.3, -0.25) is 0 Å². The summed E-state index contributed by atoms with van der Waals surface area (Å²) in [6.45, 7) is -1.87. The summed E-state index contributed by atoms with van der Waals surface area (Å²) in [7, 11) is 0. The van der Waals surface area contributed by atoms with Crippen LogP contribution in [0.4, 0.5) is 32.0 Å². The maximum atomic E-state index is 13.2. The zero-order chi connectivity index (χ0) is 20.5. The van der Waals surface area contributed by atoms with Crippen LogP contribution in [0.25, 0.3) is 11.0 Å². The third-order valence-electron chi connectivity index (χ3n) is 3.99. The van der Waals surface area contributed by atoms with Crippen LogP contribution < -0.4 is 4.90 Å². The molecule has 2 aromatic carbocycles. The standard InChI is InChI=1S/C19H12F6N2O/c20-18(21,22)11-27(10-15-7-12-3-1-2-4-17(12)28-15)14-6-5-13(9-26)16(8-14)19(23,24)25/h1-8H,10-11H2. The molecule has 0 N–H and O–H groups in total. The van der Waals surface area contributed by atoms with Gasteiger partial charge < -0.3 is 9.32 Å². The molecule has 3 aromatic rings. The first-order chi connectivity index (χ1) is 13.1. The molecule has 0 amide bonds. The number of fused-ring (bicyclic) bond motifs is 1. The molecule has 0 saturated carbocycles. The summed E-state index contributed by atoms with van der Waals surface area (Å²) in [5, 5.41) is 9.52. The van der Waals surface area contributed by atoms with Gasteiger partial charge in [-0.2, -0.15) is 31.6 Å². The Hall–Kier alpha value is -3.15. The van der Waals surface area contributed by atoms with Crippen LogP contribution in [0.2, 0.25) is 0 Å². The van der Waals surface area contributed by atoms with Gasteiger partial charge in [0.05, 0.1) is 23.7 Å². The SMILES string of the molecule is N#Cc1ccc(N(Cc2cc3ccccc3o2)CC(F)(F)F)cc1C(F)(F)F. The molecule has 0 atom stereocenters. The van der Waals surface area contributed by atoms with E-state index >= 15 is 0 Å². The summed E-state index contributed by atoms with van der Waals surface area (Å²) in [5.41, 5.74) is -1.80. The molecule has 0 saturated heterocycles. The Morgan fingerprint density at radius 3 is 2.29 bits per heavy atom. The lowest BCUT2D eigenvalue weighted by Crippen LogP contribution is -2.34. The van der Waals surface area contributed by atoms with Crippen molar-refractivity contribution in [3.05, 3.63) is 65.4 Å². The van der Waals surface area contributed by atoms with Crippen LogP contribution in [0.15, 0.2) is 52.9 Å². The van der Waals surface area contributed by atoms with Crippen molar-refractivity contribution >= 4 is 16.7 Å². The van der Waals surface area contributed by atoms with Crippen molar-refractivity contribution in [3.8, 4) is 6.07 Å². The summed E-state index contributed by atoms with van der Waals surface area (Å²) >= 11 is 0. The van der Waals surface area contributed by atoms with Crippen LogP contribution in [0.5, 0.6) is 0 Å². The molecule has 0 unspecified atom stereocenters. The molecule has 0 bridgehead atoms. The van der Waals surface area contributed by atoms with E-state index in [1.165, 1.54) is 12.1 Å². The fourth-order valence-corrected chi connectivity index (χ4v) is 2.82. The minimum absolute atomic E-state index is 0.170. The van der Waals surface area contributed by atoms with E-state index in [9.17, 15) is 26.3 Å². The van der Waals surface area contributed by atoms with Crippen LogP contribution in [-0.4, -0.2) is 12.7 Å². The lowest BCUT2D eigenvalue weighted by Gasteiger charge is -2.26. The second-order valence-corrected chi connectivity index (χ2v) is 6.06. The predicted octanol–water partition coefficient (Wildman–Crippen LogP) is 5.89. The molecule has 0 aliphatic carbocycles. The Labute approximate surface area is 155 Å². The van der Waals surface area contributed by atoms with Crippen molar-refractivity contribution in [2.75, 3.05) is 11.4 Å². The molecule has 1 aromatic heterocycles. The van der Waals surface area contributed by atoms with Crippen molar-refractivity contribution < 1.29 is 30.8 Å². The fourth-order valence-electron chi connectivity index (χ4n) is 2.82. The average molecular weight is 398 g/mol. The highest BCUT2D eigenvalue weighted by atomic mass is 19.4. The number of benzene rings is 2. The monoisotopic (exact) mass is 398 g/mol. The molecule has 3 rings (SSSR count). The number of furan rings is 1. The second kappa shape index (κ2) is 7.11. The lowest BCUT2D eigenvalue weighted by molar-refractivity contribution is -0.137. The molecule has 3 nitrogen and oxygen atoms in total. The normalized spacial score (nSPS) is 12.2. The average Bonchev–Trinajstić information content (AvgIpc) is 3.01. The van der Waals surface area contributed by atoms with Gasteiger partial charge in [0, 0.05) is 11.1 Å². The highest BCUT2D eigenvalue weighted by Gasteiger charge is 2.36. The summed E-state index contributed by atoms with van der Waals surface area (Å²) in [4.78, 5) is 0.730. The Kier molecular flexibility index (Phi) is 4.98. The van der Waals surface area contributed by atoms with Crippen LogP contribution in [0.1, 0.15) is 16.9 Å². The number of hydrogen-bond acceptors (Lipinski definition) is 3. The maximum absolute atomic E-state index is 13.2. The van der Waals surface area contributed by atoms with E-state index < -0.39 is 36.6 Å². The van der Waals surface area contributed by atoms with Gasteiger partial charge in [-0.05, 0) is 30.3 Å². The number of para-hydroxylation sites is 1. The zero-order valence-corrected chi connectivity index (χ0v) is 14.1. The molecule has 0 spiro atoms. The summed E-state index contributed by atoms with van der Waals surface area (Å²) in [5.74, 6) is 0.170. The minimum atomic E-state index is -4.87. The third kappa shape index (κ3) is 4.39. The van der Waals surface area contributed by atoms with Gasteiger partial charge in [0.25, 0.3) is 0 Å². The number of nitriles is 1. The summed E-state index contributed by atoms with van der Waals surface area (Å²) < 4.78 is 84.1. The second-order valence-electron chi connectivity index (χ2n) is 6.06. The zero-order valence-electron chi connectivity index (χ0n) is 14.1. The van der Waals surface area contributed by atoms with Gasteiger partial charge in [0.1, 0.15) is 17.9 Å². The summed E-state index contributed by atoms with van der Waals surface area (Å²) in [6, 6.07) is 12.2. The van der Waals surface area contributed by atoms with Crippen molar-refractivity contribution in [2.24, 2.45) is 0 Å². The molecular formula is C19H12F6N2O. The Bertz CT molecular complexity index is 996. The van der Waals surface area contributed by atoms with E-state index in [0.717, 1.165) is 17.0 Å². The molecule has 146 valence electrons. The Balaban J connectivity index is 2.01. The van der Waals surface area contributed by atoms with Crippen LogP contribution in [0, 0.1) is 11.3 Å². The first-order valence-electron chi connectivity index (χ1n) is 7.97. The molecule has 1 heterocycles. The number of alkyl halides is 6. The number of nitrogens with zero attached hydrogens (tertiary/aromatic N) is 2. The van der Waals surface area contributed by atoms with E-state index in [1.54, 1.807) is 24.3 Å². The molecule has 0 aliphatic rings. The smallest absolute Gasteiger partial charge is 0.417 e. The molecule has 9 heteroatoms. The maximum Gasteiger partial charge on any atom is 0.417 e. The highest BCUT2D eigenvalue weighted by Crippen LogP contribution is 2.35. The Morgan fingerprint density at radius 2 is 1.68 bits per heavy atom. The molecule has 28 heavy (non-hydrogen) atoms. The lowest BCUT2D eigenvalue weighted by atomic mass is 10.1.